The van der Waals surface area contributed by atoms with E-state index < -0.39 is 5.41 Å². The topological polar surface area (TPSA) is 47.6 Å². The molecule has 0 aliphatic heterocycles. The summed E-state index contributed by atoms with van der Waals surface area (Å²) in [4.78, 5) is 0. The molecule has 2 unspecified atom stereocenters. The molecular formula is C17H12N2. The Hall–Kier alpha value is -2.58. The molecule has 2 heteroatoms. The Bertz CT molecular complexity index is 600. The Labute approximate surface area is 112 Å². The molecular weight excluding hydrogens is 232 g/mol. The number of nitrogens with zero attached hydrogens (tertiary/aromatic N) is 2. The number of hydrogen-bond acceptors (Lipinski definition) is 2. The van der Waals surface area contributed by atoms with Crippen LogP contribution in [0.3, 0.4) is 0 Å². The lowest BCUT2D eigenvalue weighted by Gasteiger charge is -1.99. The van der Waals surface area contributed by atoms with Gasteiger partial charge >= 0.3 is 0 Å². The first-order chi connectivity index (χ1) is 9.33. The Balaban J connectivity index is 2.06. The van der Waals surface area contributed by atoms with E-state index in [-0.39, 0.29) is 11.8 Å². The Kier molecular flexibility index (Phi) is 2.58. The fourth-order valence-electron chi connectivity index (χ4n) is 2.92. The van der Waals surface area contributed by atoms with Crippen LogP contribution < -0.4 is 0 Å². The smallest absolute Gasteiger partial charge is 0.158 e. The molecule has 0 radical (unpaired) electrons. The van der Waals surface area contributed by atoms with Crippen LogP contribution in [0.15, 0.2) is 60.7 Å². The zero-order valence-corrected chi connectivity index (χ0v) is 10.3. The minimum Gasteiger partial charge on any atom is -0.197 e. The second kappa shape index (κ2) is 4.26. The predicted molar refractivity (Wildman–Crippen MR) is 72.0 cm³/mol. The molecule has 2 nitrogen and oxygen atoms in total. The highest BCUT2D eigenvalue weighted by Gasteiger charge is 2.67. The molecule has 19 heavy (non-hydrogen) atoms. The minimum atomic E-state index is -0.914. The molecule has 3 rings (SSSR count). The lowest BCUT2D eigenvalue weighted by molar-refractivity contribution is 0.819. The summed E-state index contributed by atoms with van der Waals surface area (Å²) in [6.45, 7) is 0. The van der Waals surface area contributed by atoms with Crippen molar-refractivity contribution < 1.29 is 0 Å². The van der Waals surface area contributed by atoms with Gasteiger partial charge in [0, 0.05) is 11.8 Å². The lowest BCUT2D eigenvalue weighted by Crippen LogP contribution is -1.97. The van der Waals surface area contributed by atoms with E-state index in [0.717, 1.165) is 11.1 Å². The average Bonchev–Trinajstić information content (AvgIpc) is 3.18. The predicted octanol–water partition coefficient (Wildman–Crippen LogP) is 3.60. The van der Waals surface area contributed by atoms with E-state index in [0.29, 0.717) is 0 Å². The van der Waals surface area contributed by atoms with Crippen molar-refractivity contribution in [1.29, 1.82) is 10.5 Å². The summed E-state index contributed by atoms with van der Waals surface area (Å²) < 4.78 is 0. The Morgan fingerprint density at radius 3 is 1.37 bits per heavy atom. The van der Waals surface area contributed by atoms with Gasteiger partial charge in [-0.05, 0) is 11.1 Å². The van der Waals surface area contributed by atoms with Crippen LogP contribution in [0.4, 0.5) is 0 Å². The number of benzene rings is 2. The van der Waals surface area contributed by atoms with Crippen molar-refractivity contribution in [2.24, 2.45) is 5.41 Å². The highest BCUT2D eigenvalue weighted by molar-refractivity contribution is 5.52. The highest BCUT2D eigenvalue weighted by Crippen LogP contribution is 2.69. The fourth-order valence-corrected chi connectivity index (χ4v) is 2.92. The normalized spacial score (nSPS) is 23.1. The molecule has 1 aliphatic rings. The minimum absolute atomic E-state index is 0.0221. The van der Waals surface area contributed by atoms with Crippen molar-refractivity contribution in [2.45, 2.75) is 11.8 Å². The van der Waals surface area contributed by atoms with Crippen LogP contribution in [0.25, 0.3) is 0 Å². The van der Waals surface area contributed by atoms with E-state index in [1.165, 1.54) is 0 Å². The van der Waals surface area contributed by atoms with Gasteiger partial charge in [-0.15, -0.1) is 0 Å². The fraction of sp³-hybridized carbons (Fsp3) is 0.176. The molecule has 90 valence electrons. The van der Waals surface area contributed by atoms with E-state index >= 15 is 0 Å². The molecule has 0 aromatic heterocycles. The van der Waals surface area contributed by atoms with Gasteiger partial charge < -0.3 is 0 Å². The van der Waals surface area contributed by atoms with Crippen molar-refractivity contribution >= 4 is 0 Å². The molecule has 1 fully saturated rings. The Morgan fingerprint density at radius 1 is 0.684 bits per heavy atom. The van der Waals surface area contributed by atoms with E-state index in [4.69, 9.17) is 0 Å². The van der Waals surface area contributed by atoms with Gasteiger partial charge in [0.1, 0.15) is 0 Å². The monoisotopic (exact) mass is 244 g/mol. The van der Waals surface area contributed by atoms with Crippen molar-refractivity contribution in [1.82, 2.24) is 0 Å². The molecule has 1 aliphatic carbocycles. The number of hydrogen-bond donors (Lipinski definition) is 0. The molecule has 0 amide bonds. The molecule has 0 spiro atoms. The van der Waals surface area contributed by atoms with Gasteiger partial charge in [-0.25, -0.2) is 0 Å². The summed E-state index contributed by atoms with van der Waals surface area (Å²) in [6, 6.07) is 24.2. The van der Waals surface area contributed by atoms with Gasteiger partial charge in [-0.1, -0.05) is 60.7 Å². The van der Waals surface area contributed by atoms with E-state index in [9.17, 15) is 10.5 Å². The maximum absolute atomic E-state index is 9.45. The summed E-state index contributed by atoms with van der Waals surface area (Å²) in [5.74, 6) is -0.0443. The van der Waals surface area contributed by atoms with Crippen molar-refractivity contribution in [3.63, 3.8) is 0 Å². The average molecular weight is 244 g/mol. The third-order valence-corrected chi connectivity index (χ3v) is 3.89. The highest BCUT2D eigenvalue weighted by atomic mass is 14.7. The zero-order valence-electron chi connectivity index (χ0n) is 10.3. The lowest BCUT2D eigenvalue weighted by atomic mass is 10.0. The molecule has 0 saturated heterocycles. The number of nitriles is 2. The first-order valence-corrected chi connectivity index (χ1v) is 6.26. The molecule has 2 atom stereocenters. The summed E-state index contributed by atoms with van der Waals surface area (Å²) in [6.07, 6.45) is 0. The molecule has 1 saturated carbocycles. The summed E-state index contributed by atoms with van der Waals surface area (Å²) in [7, 11) is 0. The van der Waals surface area contributed by atoms with Crippen molar-refractivity contribution in [3.05, 3.63) is 71.8 Å². The molecule has 0 bridgehead atoms. The molecule has 0 heterocycles. The van der Waals surface area contributed by atoms with Crippen LogP contribution in [0.2, 0.25) is 0 Å². The van der Waals surface area contributed by atoms with Crippen molar-refractivity contribution in [2.75, 3.05) is 0 Å². The molecule has 2 aromatic carbocycles. The summed E-state index contributed by atoms with van der Waals surface area (Å²) in [5.41, 5.74) is 1.22. The maximum atomic E-state index is 9.45. The van der Waals surface area contributed by atoms with Crippen LogP contribution in [-0.2, 0) is 0 Å². The molecule has 0 N–H and O–H groups in total. The first kappa shape index (κ1) is 11.5. The first-order valence-electron chi connectivity index (χ1n) is 6.26. The summed E-state index contributed by atoms with van der Waals surface area (Å²) >= 11 is 0. The second-order valence-corrected chi connectivity index (χ2v) is 4.87. The zero-order chi connectivity index (χ0) is 13.3. The van der Waals surface area contributed by atoms with Crippen LogP contribution in [0.1, 0.15) is 23.0 Å². The SMILES string of the molecule is N#CC1(C#N)C(c2ccccc2)C1c1ccccc1. The molecule has 2 aromatic rings. The second-order valence-electron chi connectivity index (χ2n) is 4.87. The summed E-state index contributed by atoms with van der Waals surface area (Å²) in [5, 5.41) is 18.9. The quantitative estimate of drug-likeness (QED) is 0.810. The Morgan fingerprint density at radius 2 is 1.05 bits per heavy atom. The van der Waals surface area contributed by atoms with Crippen molar-refractivity contribution in [3.8, 4) is 12.1 Å². The van der Waals surface area contributed by atoms with E-state index in [2.05, 4.69) is 12.1 Å². The van der Waals surface area contributed by atoms with Crippen LogP contribution in [0, 0.1) is 28.1 Å². The van der Waals surface area contributed by atoms with Crippen LogP contribution >= 0.6 is 0 Å². The van der Waals surface area contributed by atoms with E-state index in [1.54, 1.807) is 0 Å². The van der Waals surface area contributed by atoms with Gasteiger partial charge in [0.25, 0.3) is 0 Å². The van der Waals surface area contributed by atoms with Crippen LogP contribution in [-0.4, -0.2) is 0 Å². The number of rotatable bonds is 2. The van der Waals surface area contributed by atoms with Gasteiger partial charge in [-0.2, -0.15) is 10.5 Å². The van der Waals surface area contributed by atoms with Gasteiger partial charge in [0.05, 0.1) is 12.1 Å². The third-order valence-electron chi connectivity index (χ3n) is 3.89. The largest absolute Gasteiger partial charge is 0.197 e. The third kappa shape index (κ3) is 1.62. The van der Waals surface area contributed by atoms with Crippen LogP contribution in [0.5, 0.6) is 0 Å². The van der Waals surface area contributed by atoms with Gasteiger partial charge in [0.2, 0.25) is 0 Å². The maximum Gasteiger partial charge on any atom is 0.158 e. The van der Waals surface area contributed by atoms with Gasteiger partial charge in [-0.3, -0.25) is 0 Å². The standard InChI is InChI=1S/C17H12N2/c18-11-17(12-19)15(13-7-3-1-4-8-13)16(17)14-9-5-2-6-10-14/h1-10,15-16H. The van der Waals surface area contributed by atoms with E-state index in [1.807, 2.05) is 60.7 Å². The van der Waals surface area contributed by atoms with Gasteiger partial charge in [0.15, 0.2) is 5.41 Å².